The molecule has 2 bridgehead atoms. The highest BCUT2D eigenvalue weighted by Crippen LogP contribution is 2.62. The van der Waals surface area contributed by atoms with Crippen molar-refractivity contribution in [2.75, 3.05) is 25.6 Å². The lowest BCUT2D eigenvalue weighted by Crippen LogP contribution is -2.65. The molecule has 4 aliphatic rings. The highest BCUT2D eigenvalue weighted by atomic mass is 32.2. The van der Waals surface area contributed by atoms with E-state index in [-0.39, 0.29) is 29.4 Å². The maximum Gasteiger partial charge on any atom is 0.308 e. The topological polar surface area (TPSA) is 65.1 Å². The van der Waals surface area contributed by atoms with Gasteiger partial charge in [-0.15, -0.1) is 0 Å². The molecule has 1 spiro atoms. The van der Waals surface area contributed by atoms with Crippen LogP contribution in [-0.4, -0.2) is 60.7 Å². The smallest absolute Gasteiger partial charge is 0.308 e. The summed E-state index contributed by atoms with van der Waals surface area (Å²) in [5.41, 5.74) is 2.16. The lowest BCUT2D eigenvalue weighted by atomic mass is 9.53. The van der Waals surface area contributed by atoms with E-state index in [1.165, 1.54) is 12.5 Å². The van der Waals surface area contributed by atoms with Gasteiger partial charge in [0.1, 0.15) is 6.10 Å². The Morgan fingerprint density at radius 2 is 2.17 bits per heavy atom. The number of hydrogen-bond acceptors (Lipinski definition) is 7. The Hall–Kier alpha value is -1.99. The first-order valence-electron chi connectivity index (χ1n) is 10.5. The van der Waals surface area contributed by atoms with Crippen molar-refractivity contribution in [3.8, 4) is 11.5 Å². The molecular weight excluding hydrogens is 402 g/mol. The van der Waals surface area contributed by atoms with Crippen molar-refractivity contribution in [2.24, 2.45) is 5.92 Å². The lowest BCUT2D eigenvalue weighted by molar-refractivity contribution is -0.154. The Labute approximate surface area is 180 Å². The van der Waals surface area contributed by atoms with Gasteiger partial charge in [-0.05, 0) is 50.4 Å². The fraction of sp³-hybridized carbons (Fsp3) is 0.565. The fourth-order valence-corrected chi connectivity index (χ4v) is 6.31. The minimum Gasteiger partial charge on any atom is -0.481 e. The minimum atomic E-state index is -0.441. The molecule has 2 unspecified atom stereocenters. The quantitative estimate of drug-likeness (QED) is 0.405. The molecule has 2 aliphatic heterocycles. The molecule has 1 aromatic carbocycles. The summed E-state index contributed by atoms with van der Waals surface area (Å²) in [5.74, 6) is 1.58. The summed E-state index contributed by atoms with van der Waals surface area (Å²) >= 11 is 1.63. The van der Waals surface area contributed by atoms with Crippen molar-refractivity contribution in [1.82, 2.24) is 4.90 Å². The number of likely N-dealkylation sites (N-methyl/N-ethyl adjacent to an activating group) is 1. The summed E-state index contributed by atoms with van der Waals surface area (Å²) in [7, 11) is 2.18. The molecule has 160 valence electrons. The average molecular weight is 430 g/mol. The van der Waals surface area contributed by atoms with Crippen molar-refractivity contribution in [1.29, 1.82) is 0 Å². The van der Waals surface area contributed by atoms with Crippen molar-refractivity contribution in [3.05, 3.63) is 35.4 Å². The number of benzene rings is 1. The van der Waals surface area contributed by atoms with Gasteiger partial charge in [-0.1, -0.05) is 12.1 Å². The van der Waals surface area contributed by atoms with E-state index < -0.39 is 6.10 Å². The van der Waals surface area contributed by atoms with Crippen LogP contribution in [0.25, 0.3) is 0 Å². The third-order valence-corrected chi connectivity index (χ3v) is 7.76. The second-order valence-electron chi connectivity index (χ2n) is 8.71. The van der Waals surface area contributed by atoms with E-state index in [1.54, 1.807) is 11.8 Å². The van der Waals surface area contributed by atoms with Gasteiger partial charge in [-0.2, -0.15) is 11.8 Å². The van der Waals surface area contributed by atoms with Crippen LogP contribution in [0.3, 0.4) is 0 Å². The summed E-state index contributed by atoms with van der Waals surface area (Å²) in [4.78, 5) is 26.5. The molecule has 1 aromatic rings. The first-order valence-corrected chi connectivity index (χ1v) is 11.9. The Morgan fingerprint density at radius 3 is 2.93 bits per heavy atom. The number of esters is 2. The van der Waals surface area contributed by atoms with E-state index in [0.29, 0.717) is 24.0 Å². The van der Waals surface area contributed by atoms with E-state index in [4.69, 9.17) is 14.2 Å². The SMILES string of the molecule is CSCCC(=O)OC1C=C[C@H]2[C@H]3Cc4ccc(OC(C)=O)c5c4[C@@]2(CCN3C)C1O5. The van der Waals surface area contributed by atoms with Crippen LogP contribution in [0.15, 0.2) is 24.3 Å². The molecule has 2 heterocycles. The molecule has 6 nitrogen and oxygen atoms in total. The van der Waals surface area contributed by atoms with Gasteiger partial charge in [-0.25, -0.2) is 0 Å². The fourth-order valence-electron chi connectivity index (χ4n) is 5.94. The highest BCUT2D eigenvalue weighted by Gasteiger charge is 2.65. The van der Waals surface area contributed by atoms with Gasteiger partial charge >= 0.3 is 11.9 Å². The number of thioether (sulfide) groups is 1. The number of hydrogen-bond donors (Lipinski definition) is 0. The summed E-state index contributed by atoms with van der Waals surface area (Å²) in [5, 5.41) is 0. The average Bonchev–Trinajstić information content (AvgIpc) is 3.06. The molecule has 0 saturated carbocycles. The monoisotopic (exact) mass is 429 g/mol. The second kappa shape index (κ2) is 7.31. The molecule has 0 N–H and O–H groups in total. The van der Waals surface area contributed by atoms with E-state index in [1.807, 2.05) is 18.4 Å². The third kappa shape index (κ3) is 2.82. The summed E-state index contributed by atoms with van der Waals surface area (Å²) < 4.78 is 17.9. The van der Waals surface area contributed by atoms with Crippen LogP contribution in [0.1, 0.15) is 30.9 Å². The molecule has 1 fully saturated rings. The van der Waals surface area contributed by atoms with Crippen LogP contribution in [0.2, 0.25) is 0 Å². The van der Waals surface area contributed by atoms with E-state index in [9.17, 15) is 9.59 Å². The van der Waals surface area contributed by atoms with Crippen molar-refractivity contribution >= 4 is 23.7 Å². The third-order valence-electron chi connectivity index (χ3n) is 7.15. The van der Waals surface area contributed by atoms with Crippen LogP contribution in [-0.2, 0) is 26.2 Å². The number of rotatable bonds is 5. The maximum absolute atomic E-state index is 12.4. The predicted molar refractivity (Wildman–Crippen MR) is 114 cm³/mol. The highest BCUT2D eigenvalue weighted by molar-refractivity contribution is 7.98. The van der Waals surface area contributed by atoms with Gasteiger partial charge in [-0.3, -0.25) is 9.59 Å². The largest absolute Gasteiger partial charge is 0.481 e. The number of likely N-dealkylation sites (tertiary alicyclic amines) is 1. The molecule has 0 amide bonds. The standard InChI is InChI=1S/C23H27NO5S/c1-13(25)27-17-6-4-14-12-16-15-5-7-18(28-19(26)8-11-30-3)22-23(15,9-10-24(16)2)20(14)21(17)29-22/h4-7,15-16,18,22H,8-12H2,1-3H3/t15-,16+,18?,22?,23-/m0/s1. The summed E-state index contributed by atoms with van der Waals surface area (Å²) in [6.07, 6.45) is 7.73. The van der Waals surface area contributed by atoms with Crippen molar-refractivity contribution in [2.45, 2.75) is 49.9 Å². The molecule has 30 heavy (non-hydrogen) atoms. The van der Waals surface area contributed by atoms with Crippen LogP contribution >= 0.6 is 11.8 Å². The zero-order valence-electron chi connectivity index (χ0n) is 17.6. The van der Waals surface area contributed by atoms with Gasteiger partial charge in [0.05, 0.1) is 6.42 Å². The maximum atomic E-state index is 12.4. The van der Waals surface area contributed by atoms with Crippen molar-refractivity contribution < 1.29 is 23.8 Å². The van der Waals surface area contributed by atoms with Gasteiger partial charge in [0.15, 0.2) is 17.6 Å². The number of piperidine rings is 1. The molecule has 5 rings (SSSR count). The Morgan fingerprint density at radius 1 is 1.33 bits per heavy atom. The van der Waals surface area contributed by atoms with Gasteiger partial charge < -0.3 is 19.1 Å². The minimum absolute atomic E-state index is 0.200. The van der Waals surface area contributed by atoms with E-state index in [2.05, 4.69) is 24.1 Å². The molecule has 0 aromatic heterocycles. The van der Waals surface area contributed by atoms with Gasteiger partial charge in [0.2, 0.25) is 0 Å². The van der Waals surface area contributed by atoms with Crippen LogP contribution in [0.4, 0.5) is 0 Å². The zero-order valence-corrected chi connectivity index (χ0v) is 18.4. The molecule has 7 heteroatoms. The Bertz CT molecular complexity index is 930. The first-order chi connectivity index (χ1) is 14.5. The predicted octanol–water partition coefficient (Wildman–Crippen LogP) is 2.72. The molecule has 1 saturated heterocycles. The van der Waals surface area contributed by atoms with E-state index in [0.717, 1.165) is 30.7 Å². The number of nitrogens with zero attached hydrogens (tertiary/aromatic N) is 1. The Kier molecular flexibility index (Phi) is 4.86. The first kappa shape index (κ1) is 19.9. The number of carbonyl (C=O) groups is 2. The zero-order chi connectivity index (χ0) is 21.0. The summed E-state index contributed by atoms with van der Waals surface area (Å²) in [6, 6.07) is 4.30. The van der Waals surface area contributed by atoms with Crippen molar-refractivity contribution in [3.63, 3.8) is 0 Å². The lowest BCUT2D eigenvalue weighted by Gasteiger charge is -2.56. The van der Waals surface area contributed by atoms with Gasteiger partial charge in [0.25, 0.3) is 0 Å². The van der Waals surface area contributed by atoms with Gasteiger partial charge in [0, 0.05) is 35.6 Å². The van der Waals surface area contributed by atoms with E-state index >= 15 is 0 Å². The second-order valence-corrected chi connectivity index (χ2v) is 9.70. The van der Waals surface area contributed by atoms with Crippen LogP contribution < -0.4 is 9.47 Å². The molecule has 2 aliphatic carbocycles. The summed E-state index contributed by atoms with van der Waals surface area (Å²) in [6.45, 7) is 2.36. The Balaban J connectivity index is 1.59. The van der Waals surface area contributed by atoms with Crippen LogP contribution in [0, 0.1) is 5.92 Å². The molecular formula is C23H27NO5S. The van der Waals surface area contributed by atoms with Crippen LogP contribution in [0.5, 0.6) is 11.5 Å². The number of carbonyl (C=O) groups excluding carboxylic acids is 2. The number of ether oxygens (including phenoxy) is 3. The molecule has 0 radical (unpaired) electrons. The molecule has 5 atom stereocenters. The normalized spacial score (nSPS) is 32.9.